The van der Waals surface area contributed by atoms with Gasteiger partial charge in [0.2, 0.25) is 5.95 Å². The first-order chi connectivity index (χ1) is 8.84. The van der Waals surface area contributed by atoms with Crippen LogP contribution in [0.4, 0.5) is 0 Å². The number of imidazole rings is 1. The van der Waals surface area contributed by atoms with Crippen LogP contribution in [-0.4, -0.2) is 29.8 Å². The van der Waals surface area contributed by atoms with E-state index >= 15 is 0 Å². The lowest BCUT2D eigenvalue weighted by Crippen LogP contribution is -2.20. The van der Waals surface area contributed by atoms with Crippen molar-refractivity contribution >= 4 is 0 Å². The Hall–Kier alpha value is -2.70. The number of nitrogens with one attached hydrogen (secondary N) is 1. The molecule has 1 aromatic carbocycles. The monoisotopic (exact) mass is 242 g/mol. The maximum atomic E-state index is 11.5. The van der Waals surface area contributed by atoms with Crippen molar-refractivity contribution in [1.82, 2.24) is 29.8 Å². The van der Waals surface area contributed by atoms with Crippen molar-refractivity contribution < 1.29 is 0 Å². The Labute approximate surface area is 102 Å². The Bertz CT molecular complexity index is 695. The first-order valence-corrected chi connectivity index (χ1v) is 5.40. The van der Waals surface area contributed by atoms with Crippen LogP contribution < -0.4 is 5.69 Å². The highest BCUT2D eigenvalue weighted by atomic mass is 16.2. The first-order valence-electron chi connectivity index (χ1n) is 5.40. The molecule has 0 atom stereocenters. The number of benzene rings is 1. The molecule has 90 valence electrons. The first kappa shape index (κ1) is 10.5. The summed E-state index contributed by atoms with van der Waals surface area (Å²) in [7, 11) is 0. The van der Waals surface area contributed by atoms with E-state index in [0.717, 1.165) is 10.2 Å². The minimum Gasteiger partial charge on any atom is -0.311 e. The lowest BCUT2D eigenvalue weighted by atomic mass is 10.2. The zero-order chi connectivity index (χ0) is 12.4. The third-order valence-corrected chi connectivity index (χ3v) is 2.55. The summed E-state index contributed by atoms with van der Waals surface area (Å²) < 4.78 is 2.96. The molecule has 1 N–H and O–H groups in total. The number of hydrogen-bond acceptors (Lipinski definition) is 4. The number of rotatable bonds is 3. The van der Waals surface area contributed by atoms with Gasteiger partial charge in [0.1, 0.15) is 0 Å². The Balaban J connectivity index is 1.98. The lowest BCUT2D eigenvalue weighted by molar-refractivity contribution is 0.672. The highest BCUT2D eigenvalue weighted by molar-refractivity contribution is 5.18. The molecule has 7 nitrogen and oxygen atoms in total. The molecule has 0 saturated heterocycles. The van der Waals surface area contributed by atoms with Crippen molar-refractivity contribution in [2.45, 2.75) is 6.54 Å². The summed E-state index contributed by atoms with van der Waals surface area (Å²) in [5, 5.41) is 9.36. The van der Waals surface area contributed by atoms with Crippen LogP contribution in [0.15, 0.2) is 47.5 Å². The van der Waals surface area contributed by atoms with Gasteiger partial charge in [-0.2, -0.15) is 0 Å². The maximum Gasteiger partial charge on any atom is 0.368 e. The molecule has 2 heterocycles. The molecule has 0 aliphatic rings. The van der Waals surface area contributed by atoms with Crippen molar-refractivity contribution in [3.05, 3.63) is 58.8 Å². The van der Waals surface area contributed by atoms with E-state index in [4.69, 9.17) is 0 Å². The molecule has 2 aromatic heterocycles. The molecule has 3 aromatic rings. The van der Waals surface area contributed by atoms with Crippen LogP contribution in [-0.2, 0) is 6.54 Å². The molecule has 0 unspecified atom stereocenters. The highest BCUT2D eigenvalue weighted by Crippen LogP contribution is 2.06. The fourth-order valence-electron chi connectivity index (χ4n) is 1.73. The van der Waals surface area contributed by atoms with Gasteiger partial charge in [0.25, 0.3) is 0 Å². The van der Waals surface area contributed by atoms with Crippen LogP contribution >= 0.6 is 0 Å². The minimum atomic E-state index is -0.407. The van der Waals surface area contributed by atoms with Gasteiger partial charge in [0.15, 0.2) is 0 Å². The molecular formula is C11H10N6O. The normalized spacial score (nSPS) is 10.7. The van der Waals surface area contributed by atoms with Gasteiger partial charge in [-0.1, -0.05) is 30.3 Å². The van der Waals surface area contributed by atoms with Crippen LogP contribution in [0.5, 0.6) is 0 Å². The molecule has 0 radical (unpaired) electrons. The summed E-state index contributed by atoms with van der Waals surface area (Å²) >= 11 is 0. The van der Waals surface area contributed by atoms with Crippen molar-refractivity contribution in [2.75, 3.05) is 0 Å². The predicted octanol–water partition coefficient (Wildman–Crippen LogP) is 0.200. The molecule has 0 saturated carbocycles. The third-order valence-electron chi connectivity index (χ3n) is 2.55. The molecule has 0 aliphatic heterocycles. The summed E-state index contributed by atoms with van der Waals surface area (Å²) in [5.41, 5.74) is 0.712. The van der Waals surface area contributed by atoms with Crippen LogP contribution in [0.25, 0.3) is 5.95 Å². The number of aromatic amines is 1. The summed E-state index contributed by atoms with van der Waals surface area (Å²) in [6.45, 7) is 0.621. The molecule has 18 heavy (non-hydrogen) atoms. The topological polar surface area (TPSA) is 81.4 Å². The number of hydrogen-bond donors (Lipinski definition) is 1. The fraction of sp³-hybridized carbons (Fsp3) is 0.0909. The molecule has 0 amide bonds. The van der Waals surface area contributed by atoms with Gasteiger partial charge < -0.3 is 4.57 Å². The quantitative estimate of drug-likeness (QED) is 0.711. The second-order valence-electron chi connectivity index (χ2n) is 3.76. The predicted molar refractivity (Wildman–Crippen MR) is 63.3 cm³/mol. The summed E-state index contributed by atoms with van der Waals surface area (Å²) in [4.78, 5) is 15.6. The Morgan fingerprint density at radius 2 is 2.06 bits per heavy atom. The molecule has 7 heteroatoms. The van der Waals surface area contributed by atoms with Crippen LogP contribution in [0, 0.1) is 0 Å². The third kappa shape index (κ3) is 1.81. The lowest BCUT2D eigenvalue weighted by Gasteiger charge is -2.05. The van der Waals surface area contributed by atoms with Gasteiger partial charge in [-0.3, -0.25) is 0 Å². The fourth-order valence-corrected chi connectivity index (χ4v) is 1.73. The number of tetrazole rings is 1. The van der Waals surface area contributed by atoms with Gasteiger partial charge in [0, 0.05) is 12.4 Å². The number of nitrogens with zero attached hydrogens (tertiary/aromatic N) is 5. The standard InChI is InChI=1S/C11H10N6O/c18-11-13-14-15-17(11)10-12-6-7-16(10)8-9-4-2-1-3-5-9/h1-7H,8H2,(H,13,15,18). The van der Waals surface area contributed by atoms with Crippen molar-refractivity contribution in [3.8, 4) is 5.95 Å². The van der Waals surface area contributed by atoms with Gasteiger partial charge >= 0.3 is 5.69 Å². The van der Waals surface area contributed by atoms with Gasteiger partial charge in [-0.05, 0) is 16.0 Å². The van der Waals surface area contributed by atoms with E-state index in [-0.39, 0.29) is 0 Å². The minimum absolute atomic E-state index is 0.407. The molecular weight excluding hydrogens is 232 g/mol. The smallest absolute Gasteiger partial charge is 0.311 e. The second kappa shape index (κ2) is 4.28. The van der Waals surface area contributed by atoms with Crippen LogP contribution in [0.1, 0.15) is 5.56 Å². The average molecular weight is 242 g/mol. The average Bonchev–Trinajstić information content (AvgIpc) is 2.99. The summed E-state index contributed by atoms with van der Waals surface area (Å²) in [5.74, 6) is 0.442. The van der Waals surface area contributed by atoms with E-state index in [2.05, 4.69) is 20.5 Å². The molecule has 0 fully saturated rings. The van der Waals surface area contributed by atoms with E-state index in [0.29, 0.717) is 12.5 Å². The van der Waals surface area contributed by atoms with Gasteiger partial charge in [-0.15, -0.1) is 4.68 Å². The SMILES string of the molecule is O=c1[nH]nnn1-c1nccn1Cc1ccccc1. The maximum absolute atomic E-state index is 11.5. The Morgan fingerprint density at radius 3 is 2.78 bits per heavy atom. The van der Waals surface area contributed by atoms with Gasteiger partial charge in [-0.25, -0.2) is 14.9 Å². The van der Waals surface area contributed by atoms with Crippen molar-refractivity contribution in [1.29, 1.82) is 0 Å². The van der Waals surface area contributed by atoms with Crippen molar-refractivity contribution in [3.63, 3.8) is 0 Å². The van der Waals surface area contributed by atoms with E-state index in [1.54, 1.807) is 12.4 Å². The molecule has 3 rings (SSSR count). The van der Waals surface area contributed by atoms with Crippen LogP contribution in [0.3, 0.4) is 0 Å². The number of H-pyrrole nitrogens is 1. The van der Waals surface area contributed by atoms with E-state index in [9.17, 15) is 4.79 Å². The Morgan fingerprint density at radius 1 is 1.22 bits per heavy atom. The molecule has 0 spiro atoms. The molecule has 0 bridgehead atoms. The summed E-state index contributed by atoms with van der Waals surface area (Å²) in [6, 6.07) is 9.91. The van der Waals surface area contributed by atoms with Crippen molar-refractivity contribution in [2.24, 2.45) is 0 Å². The summed E-state index contributed by atoms with van der Waals surface area (Å²) in [6.07, 6.45) is 3.42. The van der Waals surface area contributed by atoms with E-state index in [1.807, 2.05) is 34.9 Å². The van der Waals surface area contributed by atoms with Crippen LogP contribution in [0.2, 0.25) is 0 Å². The zero-order valence-corrected chi connectivity index (χ0v) is 9.39. The largest absolute Gasteiger partial charge is 0.368 e. The van der Waals surface area contributed by atoms with E-state index in [1.165, 1.54) is 0 Å². The number of aromatic nitrogens is 6. The van der Waals surface area contributed by atoms with E-state index < -0.39 is 5.69 Å². The zero-order valence-electron chi connectivity index (χ0n) is 9.39. The molecule has 0 aliphatic carbocycles. The highest BCUT2D eigenvalue weighted by Gasteiger charge is 2.09. The second-order valence-corrected chi connectivity index (χ2v) is 3.76. The Kier molecular flexibility index (Phi) is 2.49. The van der Waals surface area contributed by atoms with Gasteiger partial charge in [0.05, 0.1) is 6.54 Å².